The largest absolute Gasteiger partial charge is 0.480 e. The molecule has 0 spiro atoms. The van der Waals surface area contributed by atoms with Gasteiger partial charge in [-0.15, -0.1) is 0 Å². The molecular weight excluding hydrogens is 396 g/mol. The van der Waals surface area contributed by atoms with E-state index in [0.717, 1.165) is 15.5 Å². The van der Waals surface area contributed by atoms with Gasteiger partial charge >= 0.3 is 5.97 Å². The third-order valence-corrected chi connectivity index (χ3v) is 5.72. The summed E-state index contributed by atoms with van der Waals surface area (Å²) in [5, 5.41) is 10.5. The van der Waals surface area contributed by atoms with Crippen molar-refractivity contribution in [3.8, 4) is 0 Å². The van der Waals surface area contributed by atoms with Gasteiger partial charge in [-0.3, -0.25) is 9.52 Å². The van der Waals surface area contributed by atoms with Gasteiger partial charge in [0.25, 0.3) is 0 Å². The summed E-state index contributed by atoms with van der Waals surface area (Å²) in [4.78, 5) is 13.0. The van der Waals surface area contributed by atoms with E-state index in [9.17, 15) is 18.3 Å². The van der Waals surface area contributed by atoms with E-state index >= 15 is 0 Å². The molecule has 0 radical (unpaired) electrons. The highest BCUT2D eigenvalue weighted by Crippen LogP contribution is 2.41. The number of thiol groups is 1. The number of carboxylic acid groups (broad SMARTS) is 1. The number of aromatic nitrogens is 1. The van der Waals surface area contributed by atoms with Gasteiger partial charge < -0.3 is 9.67 Å². The van der Waals surface area contributed by atoms with Crippen molar-refractivity contribution >= 4 is 56.8 Å². The Kier molecular flexibility index (Phi) is 5.45. The third kappa shape index (κ3) is 3.82. The Balaban J connectivity index is 2.22. The zero-order valence-corrected chi connectivity index (χ0v) is 16.1. The number of nitrogens with zero attached hydrogens (tertiary/aromatic N) is 1. The van der Waals surface area contributed by atoms with Crippen LogP contribution in [-0.2, 0) is 22.2 Å². The second-order valence-electron chi connectivity index (χ2n) is 5.52. The van der Waals surface area contributed by atoms with Crippen LogP contribution in [0.5, 0.6) is 0 Å². The number of hydrogen-bond acceptors (Lipinski definition) is 4. The van der Waals surface area contributed by atoms with Crippen molar-refractivity contribution in [1.29, 1.82) is 0 Å². The van der Waals surface area contributed by atoms with Crippen LogP contribution in [0.4, 0.5) is 5.69 Å². The molecule has 0 bridgehead atoms. The Labute approximate surface area is 160 Å². The van der Waals surface area contributed by atoms with Crippen molar-refractivity contribution in [2.45, 2.75) is 23.3 Å². The van der Waals surface area contributed by atoms with E-state index in [4.69, 9.17) is 11.6 Å². The summed E-state index contributed by atoms with van der Waals surface area (Å²) >= 11 is 7.36. The summed E-state index contributed by atoms with van der Waals surface area (Å²) < 4.78 is 26.5. The van der Waals surface area contributed by atoms with Crippen LogP contribution in [-0.4, -0.2) is 24.1 Å². The van der Waals surface area contributed by atoms with E-state index in [1.807, 2.05) is 19.1 Å². The summed E-state index contributed by atoms with van der Waals surface area (Å²) in [6.45, 7) is 1.61. The van der Waals surface area contributed by atoms with Gasteiger partial charge in [-0.2, -0.15) is 0 Å². The lowest BCUT2D eigenvalue weighted by atomic mass is 10.2. The zero-order chi connectivity index (χ0) is 18.8. The van der Waals surface area contributed by atoms with Crippen LogP contribution >= 0.6 is 23.4 Å². The minimum absolute atomic E-state index is 0.212. The number of anilines is 1. The van der Waals surface area contributed by atoms with E-state index in [1.165, 1.54) is 11.8 Å². The van der Waals surface area contributed by atoms with E-state index in [2.05, 4.69) is 4.72 Å². The fourth-order valence-corrected chi connectivity index (χ4v) is 4.36. The maximum absolute atomic E-state index is 11.3. The third-order valence-electron chi connectivity index (χ3n) is 3.83. The predicted octanol–water partition coefficient (Wildman–Crippen LogP) is 3.78. The number of halogens is 1. The van der Waals surface area contributed by atoms with Crippen molar-refractivity contribution in [2.75, 3.05) is 4.72 Å². The molecule has 2 N–H and O–H groups in total. The Morgan fingerprint density at radius 1 is 1.23 bits per heavy atom. The summed E-state index contributed by atoms with van der Waals surface area (Å²) in [6.07, 6.45) is 0. The average molecular weight is 411 g/mol. The normalized spacial score (nSPS) is 11.2. The van der Waals surface area contributed by atoms with Crippen LogP contribution in [0.2, 0.25) is 5.02 Å². The highest BCUT2D eigenvalue weighted by molar-refractivity contribution is 7.99. The summed E-state index contributed by atoms with van der Waals surface area (Å²) in [6, 6.07) is 12.4. The fourth-order valence-electron chi connectivity index (χ4n) is 2.76. The van der Waals surface area contributed by atoms with Crippen LogP contribution < -0.4 is 4.72 Å². The Hall–Kier alpha value is -2.16. The van der Waals surface area contributed by atoms with E-state index in [0.29, 0.717) is 21.6 Å². The summed E-state index contributed by atoms with van der Waals surface area (Å²) in [7, 11) is -2.85. The first-order chi connectivity index (χ1) is 12.4. The molecule has 0 fully saturated rings. The lowest BCUT2D eigenvalue weighted by Gasteiger charge is -2.06. The molecule has 0 aliphatic carbocycles. The average Bonchev–Trinajstić information content (AvgIpc) is 2.82. The minimum atomic E-state index is -2.85. The molecule has 0 aliphatic heterocycles. The van der Waals surface area contributed by atoms with Gasteiger partial charge in [0.1, 0.15) is 6.54 Å². The molecule has 1 aromatic heterocycles. The molecular formula is C17H15ClN2O4S2. The van der Waals surface area contributed by atoms with Crippen LogP contribution in [0.15, 0.2) is 52.3 Å². The quantitative estimate of drug-likeness (QED) is 0.538. The first-order valence-electron chi connectivity index (χ1n) is 7.55. The number of rotatable bonds is 6. The maximum atomic E-state index is 11.3. The Bertz CT molecular complexity index is 1050. The molecule has 0 unspecified atom stereocenters. The van der Waals surface area contributed by atoms with Gasteiger partial charge in [-0.05, 0) is 43.3 Å². The number of aliphatic carboxylic acids is 1. The molecule has 3 aromatic rings. The number of carbonyl (C=O) groups is 1. The highest BCUT2D eigenvalue weighted by atomic mass is 35.5. The monoisotopic (exact) mass is 410 g/mol. The molecule has 0 atom stereocenters. The van der Waals surface area contributed by atoms with Crippen molar-refractivity contribution in [2.24, 2.45) is 0 Å². The SMILES string of the molecule is Cc1c(Sc2ccc(Cl)cc2)c2c(N[SH](=O)=O)cccc2n1CC(=O)O. The second-order valence-corrected chi connectivity index (χ2v) is 7.78. The van der Waals surface area contributed by atoms with Gasteiger partial charge in [-0.25, -0.2) is 8.42 Å². The summed E-state index contributed by atoms with van der Waals surface area (Å²) in [5.41, 5.74) is 1.82. The molecule has 2 aromatic carbocycles. The first-order valence-corrected chi connectivity index (χ1v) is 9.92. The van der Waals surface area contributed by atoms with Gasteiger partial charge in [0.05, 0.1) is 11.2 Å². The molecule has 26 heavy (non-hydrogen) atoms. The number of hydrogen-bond donors (Lipinski definition) is 3. The lowest BCUT2D eigenvalue weighted by molar-refractivity contribution is -0.137. The van der Waals surface area contributed by atoms with Crippen LogP contribution in [0.3, 0.4) is 0 Å². The standard InChI is InChI=1S/C17H15ClN2O4S2/c1-10-17(25-12-7-5-11(18)6-8-12)16-13(19-26(23)24)3-2-4-14(16)20(10)9-15(21)22/h2-8,26H,9H2,1H3,(H,21,22)(H,19,23,24). The van der Waals surface area contributed by atoms with Crippen molar-refractivity contribution in [3.05, 3.63) is 53.2 Å². The molecule has 0 saturated carbocycles. The molecule has 6 nitrogen and oxygen atoms in total. The minimum Gasteiger partial charge on any atom is -0.480 e. The van der Waals surface area contributed by atoms with Gasteiger partial charge in [0.2, 0.25) is 10.9 Å². The molecule has 1 heterocycles. The second kappa shape index (κ2) is 7.61. The molecule has 0 amide bonds. The molecule has 0 saturated heterocycles. The molecule has 9 heteroatoms. The maximum Gasteiger partial charge on any atom is 0.323 e. The number of fused-ring (bicyclic) bond motifs is 1. The van der Waals surface area contributed by atoms with Crippen molar-refractivity contribution in [3.63, 3.8) is 0 Å². The molecule has 0 aliphatic rings. The van der Waals surface area contributed by atoms with E-state index in [-0.39, 0.29) is 6.54 Å². The number of benzene rings is 2. The van der Waals surface area contributed by atoms with Crippen molar-refractivity contribution in [1.82, 2.24) is 4.57 Å². The lowest BCUT2D eigenvalue weighted by Crippen LogP contribution is -2.09. The van der Waals surface area contributed by atoms with E-state index in [1.54, 1.807) is 34.9 Å². The highest BCUT2D eigenvalue weighted by Gasteiger charge is 2.19. The Morgan fingerprint density at radius 2 is 1.92 bits per heavy atom. The Morgan fingerprint density at radius 3 is 2.54 bits per heavy atom. The molecule has 3 rings (SSSR count). The smallest absolute Gasteiger partial charge is 0.323 e. The predicted molar refractivity (Wildman–Crippen MR) is 104 cm³/mol. The molecule has 136 valence electrons. The van der Waals surface area contributed by atoms with Gasteiger partial charge in [-0.1, -0.05) is 29.4 Å². The van der Waals surface area contributed by atoms with Crippen molar-refractivity contribution < 1.29 is 18.3 Å². The zero-order valence-electron chi connectivity index (χ0n) is 13.6. The van der Waals surface area contributed by atoms with Gasteiger partial charge in [0.15, 0.2) is 0 Å². The summed E-state index contributed by atoms with van der Waals surface area (Å²) in [5.74, 6) is -0.971. The van der Waals surface area contributed by atoms with Gasteiger partial charge in [0, 0.05) is 25.9 Å². The first kappa shape index (κ1) is 18.6. The van der Waals surface area contributed by atoms with Crippen LogP contribution in [0, 0.1) is 6.92 Å². The fraction of sp³-hybridized carbons (Fsp3) is 0.118. The number of nitrogens with one attached hydrogen (secondary N) is 1. The number of carboxylic acids is 1. The van der Waals surface area contributed by atoms with Crippen LogP contribution in [0.1, 0.15) is 5.69 Å². The van der Waals surface area contributed by atoms with Crippen LogP contribution in [0.25, 0.3) is 10.9 Å². The van der Waals surface area contributed by atoms with E-state index < -0.39 is 16.9 Å². The topological polar surface area (TPSA) is 88.4 Å².